The fourth-order valence-electron chi connectivity index (χ4n) is 2.66. The number of anilines is 1. The molecule has 1 amide bonds. The van der Waals surface area contributed by atoms with Crippen LogP contribution < -0.4 is 5.32 Å². The highest BCUT2D eigenvalue weighted by atomic mass is 32.1. The lowest BCUT2D eigenvalue weighted by Gasteiger charge is -2.11. The van der Waals surface area contributed by atoms with Crippen molar-refractivity contribution in [3.63, 3.8) is 0 Å². The molecular weight excluding hydrogens is 350 g/mol. The van der Waals surface area contributed by atoms with E-state index in [4.69, 9.17) is 4.74 Å². The number of thiophene rings is 1. The molecule has 1 aromatic carbocycles. The van der Waals surface area contributed by atoms with Crippen molar-refractivity contribution in [3.8, 4) is 0 Å². The van der Waals surface area contributed by atoms with Gasteiger partial charge in [0.1, 0.15) is 0 Å². The lowest BCUT2D eigenvalue weighted by atomic mass is 10.1. The van der Waals surface area contributed by atoms with Crippen molar-refractivity contribution in [2.45, 2.75) is 40.5 Å². The van der Waals surface area contributed by atoms with E-state index in [-0.39, 0.29) is 25.2 Å². The van der Waals surface area contributed by atoms with E-state index in [0.29, 0.717) is 5.56 Å². The van der Waals surface area contributed by atoms with Gasteiger partial charge in [0.25, 0.3) is 5.91 Å². The molecule has 0 saturated carbocycles. The van der Waals surface area contributed by atoms with Crippen LogP contribution in [0.4, 0.5) is 5.69 Å². The van der Waals surface area contributed by atoms with Crippen molar-refractivity contribution in [1.82, 2.24) is 0 Å². The van der Waals surface area contributed by atoms with Gasteiger partial charge in [-0.05, 0) is 44.9 Å². The second kappa shape index (κ2) is 8.76. The van der Waals surface area contributed by atoms with Crippen molar-refractivity contribution in [2.24, 2.45) is 0 Å². The van der Waals surface area contributed by atoms with Gasteiger partial charge in [0.2, 0.25) is 0 Å². The molecule has 0 bridgehead atoms. The zero-order valence-electron chi connectivity index (χ0n) is 15.5. The van der Waals surface area contributed by atoms with Crippen LogP contribution in [0.5, 0.6) is 0 Å². The third-order valence-corrected chi connectivity index (χ3v) is 4.97. The number of benzene rings is 1. The lowest BCUT2D eigenvalue weighted by Crippen LogP contribution is -2.22. The Hall–Kier alpha value is -2.47. The monoisotopic (exact) mass is 373 g/mol. The SMILES string of the molecule is Cc1cc(C(=O)CCC(=O)OCC(=O)Nc2c(C)cccc2C)c(C)s1. The Morgan fingerprint density at radius 3 is 2.27 bits per heavy atom. The minimum atomic E-state index is -0.556. The first kappa shape index (κ1) is 19.8. The summed E-state index contributed by atoms with van der Waals surface area (Å²) in [4.78, 5) is 38.0. The largest absolute Gasteiger partial charge is 0.456 e. The van der Waals surface area contributed by atoms with E-state index in [9.17, 15) is 14.4 Å². The van der Waals surface area contributed by atoms with E-state index in [0.717, 1.165) is 26.6 Å². The van der Waals surface area contributed by atoms with Gasteiger partial charge in [-0.15, -0.1) is 11.3 Å². The summed E-state index contributed by atoms with van der Waals surface area (Å²) >= 11 is 1.56. The van der Waals surface area contributed by atoms with Crippen LogP contribution in [-0.4, -0.2) is 24.3 Å². The van der Waals surface area contributed by atoms with Crippen LogP contribution in [0.15, 0.2) is 24.3 Å². The fourth-order valence-corrected chi connectivity index (χ4v) is 3.61. The number of para-hydroxylation sites is 1. The van der Waals surface area contributed by atoms with Gasteiger partial charge in [0.15, 0.2) is 12.4 Å². The van der Waals surface area contributed by atoms with E-state index < -0.39 is 11.9 Å². The first-order valence-electron chi connectivity index (χ1n) is 8.40. The molecule has 0 fully saturated rings. The summed E-state index contributed by atoms with van der Waals surface area (Å²) < 4.78 is 4.98. The standard InChI is InChI=1S/C20H23NO4S/c1-12-6-5-7-13(2)20(12)21-18(23)11-25-19(24)9-8-17(22)16-10-14(3)26-15(16)4/h5-7,10H,8-9,11H2,1-4H3,(H,21,23). The average Bonchev–Trinajstić information content (AvgIpc) is 2.92. The number of amides is 1. The molecule has 138 valence electrons. The normalized spacial score (nSPS) is 10.5. The molecular formula is C20H23NO4S. The van der Waals surface area contributed by atoms with Crippen molar-refractivity contribution < 1.29 is 19.1 Å². The van der Waals surface area contributed by atoms with Gasteiger partial charge in [-0.1, -0.05) is 18.2 Å². The molecule has 2 rings (SSSR count). The minimum Gasteiger partial charge on any atom is -0.456 e. The molecule has 1 aromatic heterocycles. The number of Topliss-reactive ketones (excluding diaryl/α,β-unsaturated/α-hetero) is 1. The summed E-state index contributed by atoms with van der Waals surface area (Å²) in [6.45, 7) is 7.26. The summed E-state index contributed by atoms with van der Waals surface area (Å²) in [6.07, 6.45) is 0.0399. The number of carbonyl (C=O) groups excluding carboxylic acids is 3. The van der Waals surface area contributed by atoms with Crippen LogP contribution in [0, 0.1) is 27.7 Å². The number of nitrogens with one attached hydrogen (secondary N) is 1. The number of ketones is 1. The fraction of sp³-hybridized carbons (Fsp3) is 0.350. The van der Waals surface area contributed by atoms with Crippen LogP contribution in [0.2, 0.25) is 0 Å². The van der Waals surface area contributed by atoms with Gasteiger partial charge >= 0.3 is 5.97 Å². The van der Waals surface area contributed by atoms with Gasteiger partial charge in [-0.3, -0.25) is 14.4 Å². The van der Waals surface area contributed by atoms with Gasteiger partial charge in [-0.2, -0.15) is 0 Å². The third kappa shape index (κ3) is 5.26. The Labute approximate surface area is 157 Å². The molecule has 0 radical (unpaired) electrons. The highest BCUT2D eigenvalue weighted by Gasteiger charge is 2.15. The summed E-state index contributed by atoms with van der Waals surface area (Å²) in [5, 5.41) is 2.75. The van der Waals surface area contributed by atoms with E-state index in [2.05, 4.69) is 5.32 Å². The van der Waals surface area contributed by atoms with E-state index in [1.54, 1.807) is 11.3 Å². The van der Waals surface area contributed by atoms with Crippen molar-refractivity contribution in [2.75, 3.05) is 11.9 Å². The number of rotatable bonds is 7. The van der Waals surface area contributed by atoms with Crippen molar-refractivity contribution in [3.05, 3.63) is 50.7 Å². The van der Waals surface area contributed by atoms with Crippen molar-refractivity contribution in [1.29, 1.82) is 0 Å². The zero-order chi connectivity index (χ0) is 19.3. The quantitative estimate of drug-likeness (QED) is 0.585. The third-order valence-electron chi connectivity index (χ3n) is 4.01. The Kier molecular flexibility index (Phi) is 6.69. The Morgan fingerprint density at radius 2 is 1.69 bits per heavy atom. The van der Waals surface area contributed by atoms with Crippen LogP contribution in [0.3, 0.4) is 0 Å². The molecule has 0 saturated heterocycles. The molecule has 6 heteroatoms. The zero-order valence-corrected chi connectivity index (χ0v) is 16.3. The van der Waals surface area contributed by atoms with Gasteiger partial charge in [0.05, 0.1) is 6.42 Å². The first-order chi connectivity index (χ1) is 12.3. The van der Waals surface area contributed by atoms with Crippen molar-refractivity contribution >= 4 is 34.7 Å². The number of carbonyl (C=O) groups is 3. The molecule has 0 aliphatic heterocycles. The second-order valence-corrected chi connectivity index (χ2v) is 7.69. The lowest BCUT2D eigenvalue weighted by molar-refractivity contribution is -0.147. The van der Waals surface area contributed by atoms with Gasteiger partial charge in [0, 0.05) is 27.4 Å². The molecule has 5 nitrogen and oxygen atoms in total. The van der Waals surface area contributed by atoms with Crippen LogP contribution in [0.1, 0.15) is 44.1 Å². The molecule has 2 aromatic rings. The van der Waals surface area contributed by atoms with Gasteiger partial charge in [-0.25, -0.2) is 0 Å². The maximum Gasteiger partial charge on any atom is 0.306 e. The Balaban J connectivity index is 1.79. The maximum absolute atomic E-state index is 12.2. The molecule has 0 atom stereocenters. The average molecular weight is 373 g/mol. The molecule has 0 aliphatic rings. The molecule has 26 heavy (non-hydrogen) atoms. The highest BCUT2D eigenvalue weighted by Crippen LogP contribution is 2.22. The van der Waals surface area contributed by atoms with E-state index in [1.165, 1.54) is 0 Å². The topological polar surface area (TPSA) is 72.5 Å². The predicted molar refractivity (Wildman–Crippen MR) is 103 cm³/mol. The predicted octanol–water partition coefficient (Wildman–Crippen LogP) is 4.13. The number of ether oxygens (including phenoxy) is 1. The number of hydrogen-bond acceptors (Lipinski definition) is 5. The molecule has 0 spiro atoms. The highest BCUT2D eigenvalue weighted by molar-refractivity contribution is 7.12. The molecule has 1 N–H and O–H groups in total. The minimum absolute atomic E-state index is 0.0379. The smallest absolute Gasteiger partial charge is 0.306 e. The second-order valence-electron chi connectivity index (χ2n) is 6.23. The molecule has 0 unspecified atom stereocenters. The Bertz CT molecular complexity index is 818. The van der Waals surface area contributed by atoms with E-state index in [1.807, 2.05) is 52.0 Å². The maximum atomic E-state index is 12.2. The first-order valence-corrected chi connectivity index (χ1v) is 9.21. The van der Waals surface area contributed by atoms with E-state index >= 15 is 0 Å². The number of hydrogen-bond donors (Lipinski definition) is 1. The van der Waals surface area contributed by atoms with Crippen LogP contribution in [0.25, 0.3) is 0 Å². The molecule has 0 aliphatic carbocycles. The van der Waals surface area contributed by atoms with Crippen LogP contribution in [-0.2, 0) is 14.3 Å². The summed E-state index contributed by atoms with van der Waals surface area (Å²) in [5.74, 6) is -1.03. The summed E-state index contributed by atoms with van der Waals surface area (Å²) in [5.41, 5.74) is 3.27. The summed E-state index contributed by atoms with van der Waals surface area (Å²) in [7, 11) is 0. The number of esters is 1. The Morgan fingerprint density at radius 1 is 1.04 bits per heavy atom. The number of aryl methyl sites for hydroxylation is 4. The summed E-state index contributed by atoms with van der Waals surface area (Å²) in [6, 6.07) is 7.54. The van der Waals surface area contributed by atoms with Gasteiger partial charge < -0.3 is 10.1 Å². The van der Waals surface area contributed by atoms with Crippen LogP contribution >= 0.6 is 11.3 Å². The molecule has 1 heterocycles.